The van der Waals surface area contributed by atoms with Crippen molar-refractivity contribution in [2.75, 3.05) is 0 Å². The second-order valence-electron chi connectivity index (χ2n) is 7.29. The summed E-state index contributed by atoms with van der Waals surface area (Å²) in [6.07, 6.45) is 4.41. The minimum Gasteiger partial charge on any atom is -0.495 e. The van der Waals surface area contributed by atoms with Crippen molar-refractivity contribution in [2.24, 2.45) is 11.5 Å². The van der Waals surface area contributed by atoms with Gasteiger partial charge < -0.3 is 21.9 Å². The molecule has 0 aliphatic heterocycles. The average molecular weight is 387 g/mol. The van der Waals surface area contributed by atoms with Gasteiger partial charge >= 0.3 is 0 Å². The minimum absolute atomic E-state index is 0.0732. The van der Waals surface area contributed by atoms with E-state index in [4.69, 9.17) is 11.5 Å². The molecule has 0 atom stereocenters. The monoisotopic (exact) mass is 386 g/mol. The zero-order valence-electron chi connectivity index (χ0n) is 16.0. The third-order valence-corrected chi connectivity index (χ3v) is 5.39. The fourth-order valence-corrected chi connectivity index (χ4v) is 3.34. The van der Waals surface area contributed by atoms with Crippen LogP contribution >= 0.6 is 11.3 Å². The lowest BCUT2D eigenvalue weighted by atomic mass is 9.98. The van der Waals surface area contributed by atoms with Crippen molar-refractivity contribution < 1.29 is 9.90 Å². The maximum Gasteiger partial charge on any atom is 0.263 e. The third-order valence-electron chi connectivity index (χ3n) is 3.97. The van der Waals surface area contributed by atoms with Gasteiger partial charge in [-0.25, -0.2) is 4.98 Å². The zero-order valence-corrected chi connectivity index (χ0v) is 16.9. The molecule has 0 unspecified atom stereocenters. The summed E-state index contributed by atoms with van der Waals surface area (Å²) in [5, 5.41) is 13.1. The third kappa shape index (κ3) is 5.34. The SMILES string of the molecule is Cc1cc(C(/C=C(\N)O)=C/N)ccc1CNC(=O)c1cnc(C(C)(C)C)s1. The fraction of sp³-hybridized carbons (Fsp3) is 0.300. The highest BCUT2D eigenvalue weighted by Crippen LogP contribution is 2.27. The van der Waals surface area contributed by atoms with Crippen LogP contribution in [-0.2, 0) is 12.0 Å². The normalized spacial score (nSPS) is 12.9. The summed E-state index contributed by atoms with van der Waals surface area (Å²) < 4.78 is 0. The van der Waals surface area contributed by atoms with Crippen LogP contribution in [0.3, 0.4) is 0 Å². The molecule has 1 aromatic carbocycles. The van der Waals surface area contributed by atoms with Gasteiger partial charge in [-0.05, 0) is 23.6 Å². The largest absolute Gasteiger partial charge is 0.495 e. The van der Waals surface area contributed by atoms with E-state index in [1.165, 1.54) is 23.6 Å². The standard InChI is InChI=1S/C20H26N4O2S/c1-12-7-13(15(9-21)8-17(22)25)5-6-14(12)10-23-18(26)16-11-24-19(27-16)20(2,3)4/h5-9,11,25H,10,21-22H2,1-4H3,(H,23,26)/b15-9+,17-8+. The van der Waals surface area contributed by atoms with E-state index >= 15 is 0 Å². The summed E-state index contributed by atoms with van der Waals surface area (Å²) in [6, 6.07) is 5.73. The van der Waals surface area contributed by atoms with Crippen molar-refractivity contribution in [1.82, 2.24) is 10.3 Å². The molecule has 0 fully saturated rings. The van der Waals surface area contributed by atoms with Gasteiger partial charge in [0.1, 0.15) is 4.88 Å². The Hall–Kier alpha value is -2.80. The molecule has 0 aliphatic carbocycles. The minimum atomic E-state index is -0.306. The summed E-state index contributed by atoms with van der Waals surface area (Å²) in [7, 11) is 0. The maximum atomic E-state index is 12.4. The number of amides is 1. The van der Waals surface area contributed by atoms with E-state index in [1.807, 2.05) is 25.1 Å². The molecule has 0 bridgehead atoms. The topological polar surface area (TPSA) is 114 Å². The number of aryl methyl sites for hydroxylation is 1. The van der Waals surface area contributed by atoms with Crippen molar-refractivity contribution in [3.63, 3.8) is 0 Å². The van der Waals surface area contributed by atoms with Crippen molar-refractivity contribution in [1.29, 1.82) is 0 Å². The van der Waals surface area contributed by atoms with Gasteiger partial charge in [-0.3, -0.25) is 4.79 Å². The summed E-state index contributed by atoms with van der Waals surface area (Å²) in [6.45, 7) is 8.58. The molecule has 0 spiro atoms. The second kappa shape index (κ2) is 8.26. The molecule has 7 heteroatoms. The summed E-state index contributed by atoms with van der Waals surface area (Å²) in [5.74, 6) is -0.440. The molecular weight excluding hydrogens is 360 g/mol. The number of aliphatic hydroxyl groups is 1. The second-order valence-corrected chi connectivity index (χ2v) is 8.33. The van der Waals surface area contributed by atoms with E-state index in [2.05, 4.69) is 31.1 Å². The van der Waals surface area contributed by atoms with Gasteiger partial charge in [0.25, 0.3) is 5.91 Å². The lowest BCUT2D eigenvalue weighted by Crippen LogP contribution is -2.22. The fourth-order valence-electron chi connectivity index (χ4n) is 2.45. The highest BCUT2D eigenvalue weighted by Gasteiger charge is 2.20. The molecule has 6 N–H and O–H groups in total. The number of hydrogen-bond acceptors (Lipinski definition) is 6. The van der Waals surface area contributed by atoms with Crippen LogP contribution in [0.25, 0.3) is 5.57 Å². The number of allylic oxidation sites excluding steroid dienone is 2. The van der Waals surface area contributed by atoms with E-state index in [0.29, 0.717) is 17.0 Å². The van der Waals surface area contributed by atoms with Crippen LogP contribution in [0.5, 0.6) is 0 Å². The Balaban J connectivity index is 2.09. The number of aromatic nitrogens is 1. The van der Waals surface area contributed by atoms with Crippen molar-refractivity contribution >= 4 is 22.8 Å². The number of thiazole rings is 1. The molecule has 0 aliphatic rings. The molecule has 6 nitrogen and oxygen atoms in total. The summed E-state index contributed by atoms with van der Waals surface area (Å²) >= 11 is 1.42. The van der Waals surface area contributed by atoms with E-state index in [0.717, 1.165) is 21.7 Å². The Bertz CT molecular complexity index is 888. The van der Waals surface area contributed by atoms with Gasteiger partial charge in [0.2, 0.25) is 0 Å². The van der Waals surface area contributed by atoms with Gasteiger partial charge in [-0.1, -0.05) is 39.0 Å². The predicted molar refractivity (Wildman–Crippen MR) is 110 cm³/mol. The van der Waals surface area contributed by atoms with E-state index in [-0.39, 0.29) is 17.2 Å². The number of benzene rings is 1. The number of carbonyl (C=O) groups is 1. The molecule has 0 saturated heterocycles. The van der Waals surface area contributed by atoms with Crippen molar-refractivity contribution in [3.05, 3.63) is 69.1 Å². The van der Waals surface area contributed by atoms with Crippen LogP contribution in [0, 0.1) is 6.92 Å². The smallest absolute Gasteiger partial charge is 0.263 e. The van der Waals surface area contributed by atoms with Crippen LogP contribution in [0.1, 0.15) is 52.1 Å². The molecule has 1 aromatic heterocycles. The maximum absolute atomic E-state index is 12.4. The van der Waals surface area contributed by atoms with Crippen LogP contribution in [0.15, 0.2) is 42.6 Å². The molecule has 0 saturated carbocycles. The van der Waals surface area contributed by atoms with Crippen LogP contribution in [-0.4, -0.2) is 16.0 Å². The van der Waals surface area contributed by atoms with Gasteiger partial charge in [0.05, 0.1) is 11.2 Å². The first-order chi connectivity index (χ1) is 12.6. The van der Waals surface area contributed by atoms with Crippen LogP contribution in [0.4, 0.5) is 0 Å². The Morgan fingerprint density at radius 3 is 2.59 bits per heavy atom. The van der Waals surface area contributed by atoms with E-state index in [9.17, 15) is 9.90 Å². The van der Waals surface area contributed by atoms with E-state index in [1.54, 1.807) is 6.20 Å². The number of carbonyl (C=O) groups excluding carboxylic acids is 1. The zero-order chi connectivity index (χ0) is 20.2. The number of nitrogens with one attached hydrogen (secondary N) is 1. The summed E-state index contributed by atoms with van der Waals surface area (Å²) in [5.41, 5.74) is 14.3. The van der Waals surface area contributed by atoms with Crippen LogP contribution < -0.4 is 16.8 Å². The molecular formula is C20H26N4O2S. The Kier molecular flexibility index (Phi) is 6.28. The first-order valence-electron chi connectivity index (χ1n) is 8.54. The van der Waals surface area contributed by atoms with Gasteiger partial charge in [0, 0.05) is 29.8 Å². The molecule has 2 aromatic rings. The first-order valence-corrected chi connectivity index (χ1v) is 9.36. The lowest BCUT2D eigenvalue weighted by Gasteiger charge is -2.13. The summed E-state index contributed by atoms with van der Waals surface area (Å²) in [4.78, 5) is 17.3. The predicted octanol–water partition coefficient (Wildman–Crippen LogP) is 3.34. The molecule has 1 heterocycles. The van der Waals surface area contributed by atoms with Crippen molar-refractivity contribution in [2.45, 2.75) is 39.7 Å². The highest BCUT2D eigenvalue weighted by atomic mass is 32.1. The lowest BCUT2D eigenvalue weighted by molar-refractivity contribution is 0.0954. The Morgan fingerprint density at radius 2 is 2.07 bits per heavy atom. The van der Waals surface area contributed by atoms with Crippen LogP contribution in [0.2, 0.25) is 0 Å². The number of rotatable bonds is 5. The highest BCUT2D eigenvalue weighted by molar-refractivity contribution is 7.13. The number of nitrogens with two attached hydrogens (primary N) is 2. The number of hydrogen-bond donors (Lipinski definition) is 4. The Morgan fingerprint density at radius 1 is 1.37 bits per heavy atom. The number of aliphatic hydroxyl groups excluding tert-OH is 1. The van der Waals surface area contributed by atoms with Gasteiger partial charge in [-0.2, -0.15) is 0 Å². The first kappa shape index (κ1) is 20.5. The molecule has 144 valence electrons. The molecule has 1 amide bonds. The van der Waals surface area contributed by atoms with Gasteiger partial charge in [0.15, 0.2) is 5.88 Å². The van der Waals surface area contributed by atoms with E-state index < -0.39 is 0 Å². The molecule has 27 heavy (non-hydrogen) atoms. The Labute approximate surface area is 163 Å². The average Bonchev–Trinajstić information content (AvgIpc) is 3.08. The van der Waals surface area contributed by atoms with Gasteiger partial charge in [-0.15, -0.1) is 11.3 Å². The quantitative estimate of drug-likeness (QED) is 0.465. The van der Waals surface area contributed by atoms with Crippen molar-refractivity contribution in [3.8, 4) is 0 Å². The molecule has 0 radical (unpaired) electrons. The number of nitrogens with zero attached hydrogens (tertiary/aromatic N) is 1. The molecule has 2 rings (SSSR count).